The van der Waals surface area contributed by atoms with Gasteiger partial charge < -0.3 is 5.32 Å². The van der Waals surface area contributed by atoms with E-state index in [4.69, 9.17) is 34.8 Å². The molecule has 0 radical (unpaired) electrons. The Kier molecular flexibility index (Phi) is 5.74. The average Bonchev–Trinajstić information content (AvgIpc) is 2.39. The molecule has 0 fully saturated rings. The van der Waals surface area contributed by atoms with Crippen molar-refractivity contribution in [3.63, 3.8) is 0 Å². The minimum Gasteiger partial charge on any atom is -0.310 e. The summed E-state index contributed by atoms with van der Waals surface area (Å²) in [6.07, 6.45) is 0.863. The van der Waals surface area contributed by atoms with E-state index in [1.165, 1.54) is 5.56 Å². The van der Waals surface area contributed by atoms with Crippen molar-refractivity contribution in [1.29, 1.82) is 0 Å². The zero-order valence-electron chi connectivity index (χ0n) is 11.2. The van der Waals surface area contributed by atoms with Gasteiger partial charge in [-0.2, -0.15) is 0 Å². The summed E-state index contributed by atoms with van der Waals surface area (Å²) in [4.78, 5) is 0. The molecule has 106 valence electrons. The normalized spacial score (nSPS) is 12.4. The Labute approximate surface area is 134 Å². The SMILES string of the molecule is CCNC(Cc1ccc(Cl)cc1)c1cc(Cl)cc(Cl)c1. The lowest BCUT2D eigenvalue weighted by molar-refractivity contribution is 0.550. The first kappa shape index (κ1) is 15.7. The lowest BCUT2D eigenvalue weighted by Crippen LogP contribution is -2.23. The molecule has 2 aromatic rings. The molecular formula is C16H16Cl3N. The highest BCUT2D eigenvalue weighted by molar-refractivity contribution is 6.34. The highest BCUT2D eigenvalue weighted by Gasteiger charge is 2.12. The smallest absolute Gasteiger partial charge is 0.0424 e. The molecule has 0 aliphatic heterocycles. The molecule has 0 aromatic heterocycles. The molecular weight excluding hydrogens is 313 g/mol. The summed E-state index contributed by atoms with van der Waals surface area (Å²) >= 11 is 18.1. The third kappa shape index (κ3) is 4.39. The van der Waals surface area contributed by atoms with Gasteiger partial charge in [-0.3, -0.25) is 0 Å². The maximum Gasteiger partial charge on any atom is 0.0424 e. The fourth-order valence-corrected chi connectivity index (χ4v) is 2.86. The number of likely N-dealkylation sites (N-methyl/N-ethyl adjacent to an activating group) is 1. The molecule has 0 spiro atoms. The lowest BCUT2D eigenvalue weighted by atomic mass is 9.99. The molecule has 0 bridgehead atoms. The Balaban J connectivity index is 2.23. The predicted octanol–water partition coefficient (Wildman–Crippen LogP) is 5.54. The number of rotatable bonds is 5. The van der Waals surface area contributed by atoms with Gasteiger partial charge in [-0.05, 0) is 54.4 Å². The molecule has 0 saturated heterocycles. The van der Waals surface area contributed by atoms with Crippen molar-refractivity contribution >= 4 is 34.8 Å². The van der Waals surface area contributed by atoms with Crippen LogP contribution in [0.2, 0.25) is 15.1 Å². The zero-order valence-corrected chi connectivity index (χ0v) is 13.4. The number of hydrogen-bond donors (Lipinski definition) is 1. The zero-order chi connectivity index (χ0) is 14.5. The summed E-state index contributed by atoms with van der Waals surface area (Å²) in [5.74, 6) is 0. The molecule has 2 aromatic carbocycles. The second-order valence-corrected chi connectivity index (χ2v) is 5.95. The van der Waals surface area contributed by atoms with Gasteiger partial charge in [-0.25, -0.2) is 0 Å². The van der Waals surface area contributed by atoms with Gasteiger partial charge in [0, 0.05) is 21.1 Å². The molecule has 1 atom stereocenters. The number of halogens is 3. The van der Waals surface area contributed by atoms with E-state index >= 15 is 0 Å². The van der Waals surface area contributed by atoms with Gasteiger partial charge >= 0.3 is 0 Å². The van der Waals surface area contributed by atoms with Crippen LogP contribution in [0.4, 0.5) is 0 Å². The molecule has 1 N–H and O–H groups in total. The van der Waals surface area contributed by atoms with Crippen molar-refractivity contribution in [3.8, 4) is 0 Å². The van der Waals surface area contributed by atoms with Crippen LogP contribution in [0.1, 0.15) is 24.1 Å². The molecule has 0 aliphatic rings. The molecule has 0 aliphatic carbocycles. The van der Waals surface area contributed by atoms with Gasteiger partial charge in [-0.1, -0.05) is 53.9 Å². The lowest BCUT2D eigenvalue weighted by Gasteiger charge is -2.19. The van der Waals surface area contributed by atoms with E-state index in [2.05, 4.69) is 12.2 Å². The topological polar surface area (TPSA) is 12.0 Å². The quantitative estimate of drug-likeness (QED) is 0.760. The van der Waals surface area contributed by atoms with Gasteiger partial charge in [0.1, 0.15) is 0 Å². The van der Waals surface area contributed by atoms with E-state index in [1.807, 2.05) is 36.4 Å². The molecule has 0 saturated carbocycles. The van der Waals surface area contributed by atoms with Crippen LogP contribution in [0, 0.1) is 0 Å². The van der Waals surface area contributed by atoms with Crippen LogP contribution in [0.25, 0.3) is 0 Å². The molecule has 1 nitrogen and oxygen atoms in total. The summed E-state index contributed by atoms with van der Waals surface area (Å²) in [6.45, 7) is 2.96. The Morgan fingerprint density at radius 1 is 0.900 bits per heavy atom. The molecule has 0 amide bonds. The third-order valence-corrected chi connectivity index (χ3v) is 3.78. The fourth-order valence-electron chi connectivity index (χ4n) is 2.19. The Hall–Kier alpha value is -0.730. The molecule has 2 rings (SSSR count). The second-order valence-electron chi connectivity index (χ2n) is 4.64. The van der Waals surface area contributed by atoms with Crippen molar-refractivity contribution in [2.24, 2.45) is 0 Å². The van der Waals surface area contributed by atoms with Crippen molar-refractivity contribution < 1.29 is 0 Å². The minimum absolute atomic E-state index is 0.178. The number of nitrogens with one attached hydrogen (secondary N) is 1. The maximum absolute atomic E-state index is 6.09. The van der Waals surface area contributed by atoms with Crippen molar-refractivity contribution in [3.05, 3.63) is 68.7 Å². The predicted molar refractivity (Wildman–Crippen MR) is 88.0 cm³/mol. The van der Waals surface area contributed by atoms with E-state index in [1.54, 1.807) is 6.07 Å². The molecule has 4 heteroatoms. The number of hydrogen-bond acceptors (Lipinski definition) is 1. The first-order chi connectivity index (χ1) is 9.58. The van der Waals surface area contributed by atoms with Gasteiger partial charge in [0.2, 0.25) is 0 Å². The van der Waals surface area contributed by atoms with Crippen LogP contribution in [0.5, 0.6) is 0 Å². The summed E-state index contributed by atoms with van der Waals surface area (Å²) in [5.41, 5.74) is 2.32. The van der Waals surface area contributed by atoms with E-state index in [0.717, 1.165) is 23.6 Å². The van der Waals surface area contributed by atoms with E-state index in [-0.39, 0.29) is 6.04 Å². The van der Waals surface area contributed by atoms with Crippen LogP contribution >= 0.6 is 34.8 Å². The number of benzene rings is 2. The molecule has 0 heterocycles. The molecule has 20 heavy (non-hydrogen) atoms. The Morgan fingerprint density at radius 2 is 1.50 bits per heavy atom. The van der Waals surface area contributed by atoms with Crippen LogP contribution in [-0.2, 0) is 6.42 Å². The minimum atomic E-state index is 0.178. The summed E-state index contributed by atoms with van der Waals surface area (Å²) in [6, 6.07) is 13.7. The van der Waals surface area contributed by atoms with Crippen molar-refractivity contribution in [1.82, 2.24) is 5.32 Å². The average molecular weight is 329 g/mol. The van der Waals surface area contributed by atoms with Crippen molar-refractivity contribution in [2.45, 2.75) is 19.4 Å². The highest BCUT2D eigenvalue weighted by atomic mass is 35.5. The van der Waals surface area contributed by atoms with Gasteiger partial charge in [0.15, 0.2) is 0 Å². The van der Waals surface area contributed by atoms with Crippen molar-refractivity contribution in [2.75, 3.05) is 6.54 Å². The Morgan fingerprint density at radius 3 is 2.05 bits per heavy atom. The monoisotopic (exact) mass is 327 g/mol. The third-order valence-electron chi connectivity index (χ3n) is 3.09. The fraction of sp³-hybridized carbons (Fsp3) is 0.250. The van der Waals surface area contributed by atoms with Crippen LogP contribution in [0.15, 0.2) is 42.5 Å². The van der Waals surface area contributed by atoms with Crippen LogP contribution in [0.3, 0.4) is 0 Å². The summed E-state index contributed by atoms with van der Waals surface area (Å²) < 4.78 is 0. The van der Waals surface area contributed by atoms with E-state index in [9.17, 15) is 0 Å². The van der Waals surface area contributed by atoms with Gasteiger partial charge in [0.25, 0.3) is 0 Å². The van der Waals surface area contributed by atoms with E-state index in [0.29, 0.717) is 10.0 Å². The highest BCUT2D eigenvalue weighted by Crippen LogP contribution is 2.26. The second kappa shape index (κ2) is 7.33. The largest absolute Gasteiger partial charge is 0.310 e. The van der Waals surface area contributed by atoms with E-state index < -0.39 is 0 Å². The van der Waals surface area contributed by atoms with Crippen LogP contribution < -0.4 is 5.32 Å². The van der Waals surface area contributed by atoms with Crippen LogP contribution in [-0.4, -0.2) is 6.54 Å². The first-order valence-corrected chi connectivity index (χ1v) is 7.65. The van der Waals surface area contributed by atoms with Gasteiger partial charge in [0.05, 0.1) is 0 Å². The Bertz CT molecular complexity index is 546. The standard InChI is InChI=1S/C16H16Cl3N/c1-2-20-16(7-11-3-5-13(17)6-4-11)12-8-14(18)10-15(19)9-12/h3-6,8-10,16,20H,2,7H2,1H3. The summed E-state index contributed by atoms with van der Waals surface area (Å²) in [7, 11) is 0. The van der Waals surface area contributed by atoms with Gasteiger partial charge in [-0.15, -0.1) is 0 Å². The first-order valence-electron chi connectivity index (χ1n) is 6.52. The molecule has 1 unspecified atom stereocenters. The maximum atomic E-state index is 6.09. The summed E-state index contributed by atoms with van der Waals surface area (Å²) in [5, 5.41) is 5.53.